The summed E-state index contributed by atoms with van der Waals surface area (Å²) in [6.45, 7) is 7.43. The normalized spacial score (nSPS) is 10.8. The highest BCUT2D eigenvalue weighted by Crippen LogP contribution is 2.22. The predicted molar refractivity (Wildman–Crippen MR) is 110 cm³/mol. The molecule has 1 amide bonds. The number of aromatic nitrogens is 2. The second-order valence-corrected chi connectivity index (χ2v) is 6.83. The summed E-state index contributed by atoms with van der Waals surface area (Å²) < 4.78 is 1.93. The third-order valence-corrected chi connectivity index (χ3v) is 4.82. The number of rotatable bonds is 7. The van der Waals surface area contributed by atoms with Gasteiger partial charge in [-0.25, -0.2) is 0 Å². The van der Waals surface area contributed by atoms with E-state index >= 15 is 0 Å². The second kappa shape index (κ2) is 8.67. The molecule has 2 aromatic carbocycles. The van der Waals surface area contributed by atoms with E-state index in [-0.39, 0.29) is 5.91 Å². The van der Waals surface area contributed by atoms with E-state index in [1.54, 1.807) is 0 Å². The molecule has 4 nitrogen and oxygen atoms in total. The zero-order valence-corrected chi connectivity index (χ0v) is 16.4. The molecule has 4 heteroatoms. The van der Waals surface area contributed by atoms with Gasteiger partial charge in [0.1, 0.15) is 0 Å². The van der Waals surface area contributed by atoms with E-state index in [4.69, 9.17) is 0 Å². The van der Waals surface area contributed by atoms with Gasteiger partial charge >= 0.3 is 0 Å². The molecular formula is C23H27N3O. The number of amides is 1. The van der Waals surface area contributed by atoms with Gasteiger partial charge in [0.25, 0.3) is 5.91 Å². The molecule has 0 saturated heterocycles. The average molecular weight is 361 g/mol. The van der Waals surface area contributed by atoms with Gasteiger partial charge in [-0.15, -0.1) is 0 Å². The number of hydrogen-bond donors (Lipinski definition) is 0. The molecule has 0 bridgehead atoms. The molecule has 0 unspecified atom stereocenters. The quantitative estimate of drug-likeness (QED) is 0.594. The van der Waals surface area contributed by atoms with Crippen molar-refractivity contribution in [1.29, 1.82) is 0 Å². The Morgan fingerprint density at radius 1 is 1.00 bits per heavy atom. The van der Waals surface area contributed by atoms with Crippen LogP contribution in [0.4, 0.5) is 5.69 Å². The van der Waals surface area contributed by atoms with Crippen molar-refractivity contribution >= 4 is 11.6 Å². The zero-order valence-electron chi connectivity index (χ0n) is 16.4. The maximum atomic E-state index is 13.4. The Morgan fingerprint density at radius 2 is 1.63 bits per heavy atom. The Labute approximate surface area is 161 Å². The first-order valence-corrected chi connectivity index (χ1v) is 9.56. The number of para-hydroxylation sites is 1. The van der Waals surface area contributed by atoms with Crippen LogP contribution in [0.2, 0.25) is 0 Å². The van der Waals surface area contributed by atoms with Gasteiger partial charge in [-0.3, -0.25) is 9.48 Å². The summed E-state index contributed by atoms with van der Waals surface area (Å²) in [5.74, 6) is 0.0314. The molecule has 3 rings (SSSR count). The fourth-order valence-electron chi connectivity index (χ4n) is 3.32. The van der Waals surface area contributed by atoms with E-state index in [0.29, 0.717) is 18.7 Å². The molecule has 1 heterocycles. The summed E-state index contributed by atoms with van der Waals surface area (Å²) in [6.07, 6.45) is 2.01. The monoisotopic (exact) mass is 361 g/mol. The van der Waals surface area contributed by atoms with Crippen LogP contribution in [-0.2, 0) is 6.54 Å². The van der Waals surface area contributed by atoms with Crippen LogP contribution in [0.5, 0.6) is 0 Å². The van der Waals surface area contributed by atoms with Crippen molar-refractivity contribution in [1.82, 2.24) is 9.78 Å². The Kier molecular flexibility index (Phi) is 6.07. The van der Waals surface area contributed by atoms with Crippen molar-refractivity contribution in [2.24, 2.45) is 0 Å². The minimum atomic E-state index is 0.0314. The Balaban J connectivity index is 1.92. The van der Waals surface area contributed by atoms with Gasteiger partial charge in [0, 0.05) is 17.9 Å². The van der Waals surface area contributed by atoms with Crippen molar-refractivity contribution < 1.29 is 4.79 Å². The molecule has 0 aliphatic rings. The SMILES string of the molecule is CCCCN(C(=O)c1c(C)nn(Cc2ccccc2)c1C)c1ccccc1. The van der Waals surface area contributed by atoms with Crippen LogP contribution in [0.3, 0.4) is 0 Å². The lowest BCUT2D eigenvalue weighted by Gasteiger charge is -2.23. The highest BCUT2D eigenvalue weighted by Gasteiger charge is 2.24. The van der Waals surface area contributed by atoms with Crippen LogP contribution < -0.4 is 4.90 Å². The summed E-state index contributed by atoms with van der Waals surface area (Å²) in [7, 11) is 0. The molecule has 27 heavy (non-hydrogen) atoms. The fourth-order valence-corrected chi connectivity index (χ4v) is 3.32. The maximum Gasteiger partial charge on any atom is 0.262 e. The number of nitrogens with zero attached hydrogens (tertiary/aromatic N) is 3. The maximum absolute atomic E-state index is 13.4. The Bertz CT molecular complexity index is 885. The van der Waals surface area contributed by atoms with E-state index in [2.05, 4.69) is 24.2 Å². The van der Waals surface area contributed by atoms with Crippen molar-refractivity contribution in [3.05, 3.63) is 83.2 Å². The summed E-state index contributed by atoms with van der Waals surface area (Å²) >= 11 is 0. The first-order valence-electron chi connectivity index (χ1n) is 9.56. The van der Waals surface area contributed by atoms with Crippen LogP contribution in [-0.4, -0.2) is 22.2 Å². The first kappa shape index (κ1) is 18.9. The van der Waals surface area contributed by atoms with Gasteiger partial charge in [0.05, 0.1) is 17.8 Å². The van der Waals surface area contributed by atoms with Gasteiger partial charge in [-0.05, 0) is 38.0 Å². The Morgan fingerprint density at radius 3 is 2.26 bits per heavy atom. The molecule has 3 aromatic rings. The van der Waals surface area contributed by atoms with E-state index in [1.807, 2.05) is 72.0 Å². The summed E-state index contributed by atoms with van der Waals surface area (Å²) in [6, 6.07) is 20.1. The lowest BCUT2D eigenvalue weighted by Crippen LogP contribution is -2.32. The molecule has 0 fully saturated rings. The predicted octanol–water partition coefficient (Wildman–Crippen LogP) is 5.00. The Hall–Kier alpha value is -2.88. The van der Waals surface area contributed by atoms with Gasteiger partial charge < -0.3 is 4.90 Å². The lowest BCUT2D eigenvalue weighted by atomic mass is 10.1. The molecular weight excluding hydrogens is 334 g/mol. The van der Waals surface area contributed by atoms with Crippen LogP contribution in [0.15, 0.2) is 60.7 Å². The van der Waals surface area contributed by atoms with E-state index < -0.39 is 0 Å². The minimum absolute atomic E-state index is 0.0314. The molecule has 0 radical (unpaired) electrons. The summed E-state index contributed by atoms with van der Waals surface area (Å²) in [5, 5.41) is 4.65. The molecule has 0 spiro atoms. The van der Waals surface area contributed by atoms with E-state index in [0.717, 1.165) is 29.9 Å². The summed E-state index contributed by atoms with van der Waals surface area (Å²) in [4.78, 5) is 15.3. The van der Waals surface area contributed by atoms with Crippen LogP contribution in [0.25, 0.3) is 0 Å². The van der Waals surface area contributed by atoms with Crippen molar-refractivity contribution in [3.63, 3.8) is 0 Å². The number of aryl methyl sites for hydroxylation is 1. The number of carbonyl (C=O) groups is 1. The van der Waals surface area contributed by atoms with Crippen molar-refractivity contribution in [2.45, 2.75) is 40.2 Å². The van der Waals surface area contributed by atoms with E-state index in [9.17, 15) is 4.79 Å². The van der Waals surface area contributed by atoms with Crippen LogP contribution >= 0.6 is 0 Å². The highest BCUT2D eigenvalue weighted by atomic mass is 16.2. The molecule has 0 aliphatic heterocycles. The lowest BCUT2D eigenvalue weighted by molar-refractivity contribution is 0.0985. The van der Waals surface area contributed by atoms with Crippen LogP contribution in [0, 0.1) is 13.8 Å². The van der Waals surface area contributed by atoms with Gasteiger partial charge in [-0.1, -0.05) is 61.9 Å². The van der Waals surface area contributed by atoms with Crippen LogP contribution in [0.1, 0.15) is 47.1 Å². The molecule has 1 aromatic heterocycles. The topological polar surface area (TPSA) is 38.1 Å². The van der Waals surface area contributed by atoms with Crippen molar-refractivity contribution in [3.8, 4) is 0 Å². The zero-order chi connectivity index (χ0) is 19.2. The van der Waals surface area contributed by atoms with Gasteiger partial charge in [0.2, 0.25) is 0 Å². The molecule has 140 valence electrons. The minimum Gasteiger partial charge on any atom is -0.308 e. The third-order valence-electron chi connectivity index (χ3n) is 4.82. The fraction of sp³-hybridized carbons (Fsp3) is 0.304. The van der Waals surface area contributed by atoms with Gasteiger partial charge in [-0.2, -0.15) is 5.10 Å². The van der Waals surface area contributed by atoms with E-state index in [1.165, 1.54) is 5.56 Å². The molecule has 0 saturated carbocycles. The van der Waals surface area contributed by atoms with Crippen molar-refractivity contribution in [2.75, 3.05) is 11.4 Å². The number of benzene rings is 2. The molecule has 0 N–H and O–H groups in total. The van der Waals surface area contributed by atoms with Gasteiger partial charge in [0.15, 0.2) is 0 Å². The number of anilines is 1. The summed E-state index contributed by atoms with van der Waals surface area (Å²) in [5.41, 5.74) is 4.52. The molecule has 0 atom stereocenters. The largest absolute Gasteiger partial charge is 0.308 e. The average Bonchev–Trinajstić information content (AvgIpc) is 2.96. The second-order valence-electron chi connectivity index (χ2n) is 6.83. The number of carbonyl (C=O) groups excluding carboxylic acids is 1. The number of unbranched alkanes of at least 4 members (excludes halogenated alkanes) is 1. The standard InChI is InChI=1S/C23H27N3O/c1-4-5-16-25(21-14-10-7-11-15-21)23(27)22-18(2)24-26(19(22)3)17-20-12-8-6-9-13-20/h6-15H,4-5,16-17H2,1-3H3. The molecule has 0 aliphatic carbocycles. The third kappa shape index (κ3) is 4.27. The highest BCUT2D eigenvalue weighted by molar-refractivity contribution is 6.07. The number of hydrogen-bond acceptors (Lipinski definition) is 2. The first-order chi connectivity index (χ1) is 13.1. The smallest absolute Gasteiger partial charge is 0.262 e.